The second-order valence-electron chi connectivity index (χ2n) is 6.39. The van der Waals surface area contributed by atoms with Crippen molar-refractivity contribution >= 4 is 10.8 Å². The average molecular weight is 322 g/mol. The molecule has 24 heavy (non-hydrogen) atoms. The van der Waals surface area contributed by atoms with E-state index in [1.165, 1.54) is 16.3 Å². The fourth-order valence-electron chi connectivity index (χ4n) is 3.42. The van der Waals surface area contributed by atoms with E-state index in [1.54, 1.807) is 12.7 Å². The van der Waals surface area contributed by atoms with Crippen LogP contribution in [0.4, 0.5) is 0 Å². The molecule has 1 saturated heterocycles. The van der Waals surface area contributed by atoms with E-state index in [-0.39, 0.29) is 6.10 Å². The van der Waals surface area contributed by atoms with E-state index in [4.69, 9.17) is 4.74 Å². The second kappa shape index (κ2) is 6.71. The van der Waals surface area contributed by atoms with E-state index in [9.17, 15) is 0 Å². The summed E-state index contributed by atoms with van der Waals surface area (Å²) < 4.78 is 7.75. The van der Waals surface area contributed by atoms with Crippen LogP contribution in [0.15, 0.2) is 55.1 Å². The number of aromatic nitrogens is 3. The van der Waals surface area contributed by atoms with E-state index in [0.29, 0.717) is 6.04 Å². The summed E-state index contributed by atoms with van der Waals surface area (Å²) in [6.07, 6.45) is 3.47. The quantitative estimate of drug-likeness (QED) is 0.741. The van der Waals surface area contributed by atoms with Crippen molar-refractivity contribution in [2.45, 2.75) is 25.6 Å². The van der Waals surface area contributed by atoms with Gasteiger partial charge in [-0.1, -0.05) is 36.4 Å². The Labute approximate surface area is 141 Å². The second-order valence-corrected chi connectivity index (χ2v) is 6.39. The van der Waals surface area contributed by atoms with Crippen LogP contribution in [-0.4, -0.2) is 45.5 Å². The number of benzene rings is 2. The molecule has 2 atom stereocenters. The molecule has 3 aromatic rings. The van der Waals surface area contributed by atoms with Crippen molar-refractivity contribution in [3.05, 3.63) is 60.7 Å². The van der Waals surface area contributed by atoms with Gasteiger partial charge in [0, 0.05) is 19.1 Å². The molecule has 0 amide bonds. The van der Waals surface area contributed by atoms with Crippen LogP contribution < -0.4 is 0 Å². The monoisotopic (exact) mass is 322 g/mol. The third-order valence-electron chi connectivity index (χ3n) is 4.83. The number of ether oxygens (including phenoxy) is 1. The molecule has 1 aliphatic heterocycles. The molecule has 0 aliphatic carbocycles. The van der Waals surface area contributed by atoms with Gasteiger partial charge in [0.2, 0.25) is 0 Å². The van der Waals surface area contributed by atoms with Gasteiger partial charge in [-0.15, -0.1) is 0 Å². The van der Waals surface area contributed by atoms with Crippen molar-refractivity contribution in [2.24, 2.45) is 0 Å². The van der Waals surface area contributed by atoms with Crippen LogP contribution in [0, 0.1) is 0 Å². The SMILES string of the molecule is C[C@H](c1ccc2ccccc2c1)N1CCO[C@@H](Cn2cncn2)C1. The van der Waals surface area contributed by atoms with Gasteiger partial charge in [-0.25, -0.2) is 4.98 Å². The van der Waals surface area contributed by atoms with Crippen LogP contribution in [0.25, 0.3) is 10.8 Å². The van der Waals surface area contributed by atoms with Crippen LogP contribution in [0.2, 0.25) is 0 Å². The Kier molecular flexibility index (Phi) is 4.28. The summed E-state index contributed by atoms with van der Waals surface area (Å²) in [5.41, 5.74) is 1.36. The highest BCUT2D eigenvalue weighted by Gasteiger charge is 2.25. The first kappa shape index (κ1) is 15.3. The lowest BCUT2D eigenvalue weighted by Crippen LogP contribution is -2.45. The average Bonchev–Trinajstić information content (AvgIpc) is 3.14. The number of rotatable bonds is 4. The van der Waals surface area contributed by atoms with Gasteiger partial charge >= 0.3 is 0 Å². The van der Waals surface area contributed by atoms with E-state index in [0.717, 1.165) is 26.2 Å². The molecular formula is C19H22N4O. The lowest BCUT2D eigenvalue weighted by molar-refractivity contribution is -0.0497. The van der Waals surface area contributed by atoms with E-state index in [1.807, 2.05) is 4.68 Å². The van der Waals surface area contributed by atoms with E-state index in [2.05, 4.69) is 64.4 Å². The fraction of sp³-hybridized carbons (Fsp3) is 0.368. The molecule has 0 N–H and O–H groups in total. The first-order valence-corrected chi connectivity index (χ1v) is 8.46. The number of hydrogen-bond acceptors (Lipinski definition) is 4. The van der Waals surface area contributed by atoms with Crippen molar-refractivity contribution in [3.63, 3.8) is 0 Å². The number of nitrogens with zero attached hydrogens (tertiary/aromatic N) is 4. The van der Waals surface area contributed by atoms with Gasteiger partial charge in [-0.05, 0) is 29.3 Å². The zero-order valence-corrected chi connectivity index (χ0v) is 13.9. The Bertz CT molecular complexity index is 802. The van der Waals surface area contributed by atoms with Crippen molar-refractivity contribution in [1.29, 1.82) is 0 Å². The lowest BCUT2D eigenvalue weighted by atomic mass is 10.0. The molecule has 0 unspecified atom stereocenters. The Balaban J connectivity index is 1.48. The van der Waals surface area contributed by atoms with Crippen LogP contribution >= 0.6 is 0 Å². The fourth-order valence-corrected chi connectivity index (χ4v) is 3.42. The standard InChI is InChI=1S/C19H22N4O/c1-15(17-7-6-16-4-2-3-5-18(16)10-17)22-8-9-24-19(11-22)12-23-14-20-13-21-23/h2-7,10,13-15,19H,8-9,11-12H2,1H3/t15-,19-/m1/s1. The van der Waals surface area contributed by atoms with Crippen LogP contribution in [0.1, 0.15) is 18.5 Å². The number of fused-ring (bicyclic) bond motifs is 1. The first-order valence-electron chi connectivity index (χ1n) is 8.46. The van der Waals surface area contributed by atoms with Gasteiger partial charge in [-0.3, -0.25) is 9.58 Å². The third-order valence-corrected chi connectivity index (χ3v) is 4.83. The normalized spacial score (nSPS) is 20.3. The first-order chi connectivity index (χ1) is 11.8. The summed E-state index contributed by atoms with van der Waals surface area (Å²) in [4.78, 5) is 6.50. The van der Waals surface area contributed by atoms with Crippen molar-refractivity contribution < 1.29 is 4.74 Å². The van der Waals surface area contributed by atoms with Gasteiger partial charge in [0.25, 0.3) is 0 Å². The molecule has 5 nitrogen and oxygen atoms in total. The Morgan fingerprint density at radius 2 is 2.08 bits per heavy atom. The lowest BCUT2D eigenvalue weighted by Gasteiger charge is -2.37. The van der Waals surface area contributed by atoms with Crippen molar-refractivity contribution in [2.75, 3.05) is 19.7 Å². The summed E-state index contributed by atoms with van der Waals surface area (Å²) >= 11 is 0. The molecule has 0 bridgehead atoms. The summed E-state index contributed by atoms with van der Waals surface area (Å²) in [6.45, 7) is 5.66. The van der Waals surface area contributed by atoms with Gasteiger partial charge in [0.15, 0.2) is 0 Å². The zero-order chi connectivity index (χ0) is 16.4. The van der Waals surface area contributed by atoms with Crippen LogP contribution in [0.5, 0.6) is 0 Å². The van der Waals surface area contributed by atoms with Crippen molar-refractivity contribution in [3.8, 4) is 0 Å². The summed E-state index contributed by atoms with van der Waals surface area (Å²) in [5.74, 6) is 0. The van der Waals surface area contributed by atoms with Gasteiger partial charge in [-0.2, -0.15) is 5.10 Å². The molecule has 1 aromatic heterocycles. The predicted octanol–water partition coefficient (Wildman–Crippen LogP) is 2.89. The van der Waals surface area contributed by atoms with Gasteiger partial charge in [0.05, 0.1) is 19.3 Å². The number of hydrogen-bond donors (Lipinski definition) is 0. The molecule has 0 radical (unpaired) electrons. The molecule has 124 valence electrons. The maximum atomic E-state index is 5.91. The third kappa shape index (κ3) is 3.18. The molecule has 4 rings (SSSR count). The van der Waals surface area contributed by atoms with E-state index < -0.39 is 0 Å². The Morgan fingerprint density at radius 3 is 2.92 bits per heavy atom. The molecule has 0 saturated carbocycles. The highest BCUT2D eigenvalue weighted by Crippen LogP contribution is 2.26. The summed E-state index contributed by atoms with van der Waals surface area (Å²) in [7, 11) is 0. The molecule has 1 fully saturated rings. The zero-order valence-electron chi connectivity index (χ0n) is 13.9. The molecular weight excluding hydrogens is 300 g/mol. The maximum Gasteiger partial charge on any atom is 0.137 e. The summed E-state index contributed by atoms with van der Waals surface area (Å²) in [6, 6.07) is 15.7. The minimum Gasteiger partial charge on any atom is -0.374 e. The predicted molar refractivity (Wildman–Crippen MR) is 93.7 cm³/mol. The minimum atomic E-state index is 0.156. The van der Waals surface area contributed by atoms with Crippen molar-refractivity contribution in [1.82, 2.24) is 19.7 Å². The minimum absolute atomic E-state index is 0.156. The van der Waals surface area contributed by atoms with Gasteiger partial charge < -0.3 is 4.74 Å². The van der Waals surface area contributed by atoms with Gasteiger partial charge in [0.1, 0.15) is 12.7 Å². The molecule has 5 heteroatoms. The smallest absolute Gasteiger partial charge is 0.137 e. The van der Waals surface area contributed by atoms with Crippen LogP contribution in [-0.2, 0) is 11.3 Å². The summed E-state index contributed by atoms with van der Waals surface area (Å²) in [5, 5.41) is 6.77. The molecule has 1 aliphatic rings. The Hall–Kier alpha value is -2.24. The highest BCUT2D eigenvalue weighted by atomic mass is 16.5. The molecule has 2 heterocycles. The molecule has 0 spiro atoms. The topological polar surface area (TPSA) is 43.2 Å². The van der Waals surface area contributed by atoms with Crippen LogP contribution in [0.3, 0.4) is 0 Å². The number of morpholine rings is 1. The Morgan fingerprint density at radius 1 is 1.21 bits per heavy atom. The highest BCUT2D eigenvalue weighted by molar-refractivity contribution is 5.83. The largest absolute Gasteiger partial charge is 0.374 e. The van der Waals surface area contributed by atoms with E-state index >= 15 is 0 Å². The molecule has 2 aromatic carbocycles. The maximum absolute atomic E-state index is 5.91.